The third-order valence-corrected chi connectivity index (χ3v) is 5.01. The quantitative estimate of drug-likeness (QED) is 0.327. The number of hydrogen-bond donors (Lipinski definition) is 3. The molecule has 0 saturated carbocycles. The highest BCUT2D eigenvalue weighted by molar-refractivity contribution is 8.15. The zero-order valence-electron chi connectivity index (χ0n) is 15.1. The highest BCUT2D eigenvalue weighted by Gasteiger charge is 2.36. The Morgan fingerprint density at radius 1 is 1.21 bits per heavy atom. The minimum atomic E-state index is -0.322. The number of amidine groups is 1. The summed E-state index contributed by atoms with van der Waals surface area (Å²) in [5.74, 6) is 11.1. The number of nitrogens with zero attached hydrogens (tertiary/aromatic N) is 2. The van der Waals surface area contributed by atoms with Gasteiger partial charge in [0.15, 0.2) is 0 Å². The van der Waals surface area contributed by atoms with Crippen molar-refractivity contribution in [3.63, 3.8) is 0 Å². The first kappa shape index (κ1) is 20.3. The molecule has 0 aromatic heterocycles. The molecule has 0 aliphatic heterocycles. The molecule has 0 fully saturated rings. The summed E-state index contributed by atoms with van der Waals surface area (Å²) < 4.78 is -0.322. The number of anilines is 1. The van der Waals surface area contributed by atoms with Gasteiger partial charge in [-0.05, 0) is 24.0 Å². The first-order valence-corrected chi connectivity index (χ1v) is 8.65. The average Bonchev–Trinajstić information content (AvgIpc) is 2.49. The van der Waals surface area contributed by atoms with Crippen molar-refractivity contribution in [3.8, 4) is 0 Å². The zero-order valence-corrected chi connectivity index (χ0v) is 15.9. The fourth-order valence-corrected chi connectivity index (χ4v) is 3.45. The van der Waals surface area contributed by atoms with Crippen LogP contribution in [0.4, 0.5) is 5.69 Å². The predicted octanol–water partition coefficient (Wildman–Crippen LogP) is 2.65. The van der Waals surface area contributed by atoms with Gasteiger partial charge in [-0.1, -0.05) is 64.6 Å². The van der Waals surface area contributed by atoms with E-state index in [1.54, 1.807) is 0 Å². The van der Waals surface area contributed by atoms with Gasteiger partial charge in [0, 0.05) is 10.7 Å². The van der Waals surface area contributed by atoms with Gasteiger partial charge in [-0.15, -0.1) is 0 Å². The summed E-state index contributed by atoms with van der Waals surface area (Å²) in [4.78, 5) is 11.9. The Bertz CT molecular complexity index is 580. The summed E-state index contributed by atoms with van der Waals surface area (Å²) >= 11 is 1.43. The first-order chi connectivity index (χ1) is 11.0. The van der Waals surface area contributed by atoms with Crippen LogP contribution in [0.5, 0.6) is 0 Å². The summed E-state index contributed by atoms with van der Waals surface area (Å²) in [6.45, 7) is 10.1. The van der Waals surface area contributed by atoms with E-state index >= 15 is 0 Å². The van der Waals surface area contributed by atoms with Crippen molar-refractivity contribution >= 4 is 28.5 Å². The van der Waals surface area contributed by atoms with Crippen LogP contribution in [0.3, 0.4) is 0 Å². The summed E-state index contributed by atoms with van der Waals surface area (Å²) in [5, 5.41) is 5.75. The molecule has 0 aliphatic carbocycles. The van der Waals surface area contributed by atoms with Crippen molar-refractivity contribution in [2.75, 3.05) is 5.01 Å². The minimum Gasteiger partial charge on any atom is -0.369 e. The Hall–Kier alpha value is -1.73. The summed E-state index contributed by atoms with van der Waals surface area (Å²) in [5.41, 5.74) is 6.17. The maximum absolute atomic E-state index is 11.9. The largest absolute Gasteiger partial charge is 0.369 e. The SMILES string of the molecule is CC(C)(CC(C(N)=O)C(C)(C)C)S/C(=N/N)N(N)c1ccccc1. The molecule has 0 radical (unpaired) electrons. The van der Waals surface area contributed by atoms with E-state index in [2.05, 4.69) is 5.10 Å². The number of amides is 1. The third kappa shape index (κ3) is 5.72. The lowest BCUT2D eigenvalue weighted by Crippen LogP contribution is -2.42. The summed E-state index contributed by atoms with van der Waals surface area (Å²) in [6, 6.07) is 9.44. The molecule has 1 aromatic rings. The number of carbonyl (C=O) groups is 1. The van der Waals surface area contributed by atoms with Crippen LogP contribution in [0, 0.1) is 11.3 Å². The van der Waals surface area contributed by atoms with E-state index in [0.29, 0.717) is 11.6 Å². The molecule has 7 heteroatoms. The van der Waals surface area contributed by atoms with Crippen LogP contribution in [-0.2, 0) is 4.79 Å². The number of hydrazone groups is 1. The monoisotopic (exact) mass is 351 g/mol. The number of primary amides is 1. The zero-order chi connectivity index (χ0) is 18.5. The highest BCUT2D eigenvalue weighted by atomic mass is 32.2. The normalized spacial score (nSPS) is 14.3. The van der Waals surface area contributed by atoms with Crippen LogP contribution in [-0.4, -0.2) is 15.8 Å². The lowest BCUT2D eigenvalue weighted by molar-refractivity contribution is -0.125. The van der Waals surface area contributed by atoms with E-state index in [0.717, 1.165) is 5.69 Å². The maximum atomic E-state index is 11.9. The van der Waals surface area contributed by atoms with Gasteiger partial charge in [0.25, 0.3) is 0 Å². The molecule has 0 spiro atoms. The molecule has 1 aromatic carbocycles. The van der Waals surface area contributed by atoms with Crippen molar-refractivity contribution in [2.24, 2.45) is 33.9 Å². The van der Waals surface area contributed by atoms with Crippen molar-refractivity contribution in [3.05, 3.63) is 30.3 Å². The lowest BCUT2D eigenvalue weighted by atomic mass is 9.75. The van der Waals surface area contributed by atoms with Gasteiger partial charge >= 0.3 is 0 Å². The first-order valence-electron chi connectivity index (χ1n) is 7.84. The Labute approximate surface area is 148 Å². The molecule has 0 saturated heterocycles. The Balaban J connectivity index is 2.92. The van der Waals surface area contributed by atoms with Crippen molar-refractivity contribution in [2.45, 2.75) is 45.8 Å². The summed E-state index contributed by atoms with van der Waals surface area (Å²) in [6.07, 6.45) is 0.595. The average molecular weight is 352 g/mol. The second kappa shape index (κ2) is 7.90. The number of thioether (sulfide) groups is 1. The van der Waals surface area contributed by atoms with Gasteiger partial charge in [0.05, 0.1) is 5.69 Å². The Morgan fingerprint density at radius 2 is 1.75 bits per heavy atom. The smallest absolute Gasteiger partial charge is 0.221 e. The number of hydrazine groups is 1. The van der Waals surface area contributed by atoms with E-state index in [4.69, 9.17) is 17.4 Å². The van der Waals surface area contributed by atoms with E-state index in [-0.39, 0.29) is 22.0 Å². The fourth-order valence-electron chi connectivity index (χ4n) is 2.45. The molecule has 24 heavy (non-hydrogen) atoms. The number of hydrogen-bond acceptors (Lipinski definition) is 5. The van der Waals surface area contributed by atoms with Crippen LogP contribution in [0.2, 0.25) is 0 Å². The molecule has 134 valence electrons. The van der Waals surface area contributed by atoms with Crippen LogP contribution < -0.4 is 22.4 Å². The Kier molecular flexibility index (Phi) is 6.68. The molecule has 6 N–H and O–H groups in total. The number of carbonyl (C=O) groups excluding carboxylic acids is 1. The van der Waals surface area contributed by atoms with Gasteiger partial charge in [0.2, 0.25) is 11.1 Å². The second-order valence-electron chi connectivity index (χ2n) is 7.50. The van der Waals surface area contributed by atoms with Crippen molar-refractivity contribution < 1.29 is 4.79 Å². The van der Waals surface area contributed by atoms with Gasteiger partial charge in [-0.25, -0.2) is 5.84 Å². The minimum absolute atomic E-state index is 0.217. The predicted molar refractivity (Wildman–Crippen MR) is 103 cm³/mol. The topological polar surface area (TPSA) is 111 Å². The number of rotatable bonds is 5. The van der Waals surface area contributed by atoms with E-state index in [9.17, 15) is 4.79 Å². The van der Waals surface area contributed by atoms with Gasteiger partial charge in [-0.2, -0.15) is 5.10 Å². The molecule has 1 amide bonds. The molecule has 0 bridgehead atoms. The molecule has 6 nitrogen and oxygen atoms in total. The van der Waals surface area contributed by atoms with Gasteiger partial charge in [-0.3, -0.25) is 9.80 Å². The third-order valence-electron chi connectivity index (χ3n) is 3.80. The van der Waals surface area contributed by atoms with E-state index in [1.807, 2.05) is 65.0 Å². The Morgan fingerprint density at radius 3 is 2.17 bits per heavy atom. The second-order valence-corrected chi connectivity index (χ2v) is 9.18. The van der Waals surface area contributed by atoms with Crippen molar-refractivity contribution in [1.82, 2.24) is 0 Å². The lowest BCUT2D eigenvalue weighted by Gasteiger charge is -2.35. The number of para-hydroxylation sites is 1. The molecule has 1 rings (SSSR count). The van der Waals surface area contributed by atoms with E-state index in [1.165, 1.54) is 16.8 Å². The summed E-state index contributed by atoms with van der Waals surface area (Å²) in [7, 11) is 0. The van der Waals surface area contributed by atoms with Gasteiger partial charge < -0.3 is 11.6 Å². The van der Waals surface area contributed by atoms with Crippen LogP contribution in [0.15, 0.2) is 35.4 Å². The van der Waals surface area contributed by atoms with Crippen LogP contribution in [0.25, 0.3) is 0 Å². The molecule has 0 heterocycles. The molecular weight excluding hydrogens is 322 g/mol. The van der Waals surface area contributed by atoms with Gasteiger partial charge in [0.1, 0.15) is 0 Å². The molecule has 0 aliphatic rings. The van der Waals surface area contributed by atoms with Crippen molar-refractivity contribution in [1.29, 1.82) is 0 Å². The maximum Gasteiger partial charge on any atom is 0.221 e. The standard InChI is InChI=1S/C17H29N5OS/c1-16(2,3)13(14(18)23)11-17(4,5)24-15(21-19)22(20)12-9-7-6-8-10-12/h6-10,13H,11,19-20H2,1-5H3,(H2,18,23)/b21-15+. The van der Waals surface area contributed by atoms with Crippen LogP contribution in [0.1, 0.15) is 41.0 Å². The molecular formula is C17H29N5OS. The number of nitrogens with two attached hydrogens (primary N) is 3. The van der Waals surface area contributed by atoms with Crippen LogP contribution >= 0.6 is 11.8 Å². The molecule has 1 atom stereocenters. The van der Waals surface area contributed by atoms with E-state index < -0.39 is 0 Å². The molecule has 1 unspecified atom stereocenters. The number of benzene rings is 1. The highest BCUT2D eigenvalue weighted by Crippen LogP contribution is 2.39. The fraction of sp³-hybridized carbons (Fsp3) is 0.529.